The first-order valence-electron chi connectivity index (χ1n) is 8.47. The van der Waals surface area contributed by atoms with Crippen molar-refractivity contribution in [3.05, 3.63) is 70.0 Å². The molecule has 0 bridgehead atoms. The van der Waals surface area contributed by atoms with Crippen molar-refractivity contribution in [1.82, 2.24) is 4.57 Å². The van der Waals surface area contributed by atoms with Gasteiger partial charge in [-0.3, -0.25) is 9.59 Å². The summed E-state index contributed by atoms with van der Waals surface area (Å²) < 4.78 is 7.54. The molecule has 1 aromatic heterocycles. The SMILES string of the molecule is COC(=O)Cn1c(=NC(=O)C=Cc2ccccc2)sc2c(C)cc(C)cc21. The van der Waals surface area contributed by atoms with E-state index in [2.05, 4.69) is 11.1 Å². The van der Waals surface area contributed by atoms with Crippen molar-refractivity contribution in [3.8, 4) is 0 Å². The lowest BCUT2D eigenvalue weighted by molar-refractivity contribution is -0.141. The maximum absolute atomic E-state index is 12.3. The van der Waals surface area contributed by atoms with Gasteiger partial charge in [-0.1, -0.05) is 47.7 Å². The molecule has 3 rings (SSSR count). The molecule has 0 fully saturated rings. The average Bonchev–Trinajstić information content (AvgIpc) is 2.98. The maximum atomic E-state index is 12.3. The number of thiazole rings is 1. The fourth-order valence-electron chi connectivity index (χ4n) is 2.81. The van der Waals surface area contributed by atoms with Gasteiger partial charge in [0.05, 0.1) is 17.3 Å². The van der Waals surface area contributed by atoms with E-state index in [-0.39, 0.29) is 18.4 Å². The van der Waals surface area contributed by atoms with Crippen LogP contribution in [-0.4, -0.2) is 23.6 Å². The minimum Gasteiger partial charge on any atom is -0.468 e. The summed E-state index contributed by atoms with van der Waals surface area (Å²) in [4.78, 5) is 28.9. The second-order valence-electron chi connectivity index (χ2n) is 6.17. The highest BCUT2D eigenvalue weighted by Crippen LogP contribution is 2.23. The number of hydrogen-bond donors (Lipinski definition) is 0. The largest absolute Gasteiger partial charge is 0.468 e. The summed E-state index contributed by atoms with van der Waals surface area (Å²) in [6, 6.07) is 13.6. The number of fused-ring (bicyclic) bond motifs is 1. The Hall–Kier alpha value is -2.99. The number of aryl methyl sites for hydroxylation is 2. The monoisotopic (exact) mass is 380 g/mol. The number of benzene rings is 2. The van der Waals surface area contributed by atoms with Crippen LogP contribution in [0.1, 0.15) is 16.7 Å². The van der Waals surface area contributed by atoms with Gasteiger partial charge in [0.2, 0.25) is 0 Å². The highest BCUT2D eigenvalue weighted by molar-refractivity contribution is 7.16. The van der Waals surface area contributed by atoms with E-state index in [4.69, 9.17) is 4.74 Å². The Labute approximate surface area is 161 Å². The number of rotatable bonds is 4. The van der Waals surface area contributed by atoms with Gasteiger partial charge in [-0.2, -0.15) is 4.99 Å². The molecular formula is C21H20N2O3S. The number of nitrogens with zero attached hydrogens (tertiary/aromatic N) is 2. The summed E-state index contributed by atoms with van der Waals surface area (Å²) in [5.41, 5.74) is 3.97. The van der Waals surface area contributed by atoms with E-state index in [0.29, 0.717) is 4.80 Å². The third kappa shape index (κ3) is 4.41. The van der Waals surface area contributed by atoms with Gasteiger partial charge in [-0.05, 0) is 42.7 Å². The Morgan fingerprint density at radius 3 is 2.63 bits per heavy atom. The molecule has 0 saturated heterocycles. The number of esters is 1. The highest BCUT2D eigenvalue weighted by atomic mass is 32.1. The van der Waals surface area contributed by atoms with E-state index in [0.717, 1.165) is 26.9 Å². The van der Waals surface area contributed by atoms with Crippen molar-refractivity contribution in [2.75, 3.05) is 7.11 Å². The lowest BCUT2D eigenvalue weighted by Crippen LogP contribution is -2.22. The number of ether oxygens (including phenoxy) is 1. The molecule has 1 heterocycles. The van der Waals surface area contributed by atoms with Crippen LogP contribution in [0.5, 0.6) is 0 Å². The van der Waals surface area contributed by atoms with Crippen molar-refractivity contribution in [1.29, 1.82) is 0 Å². The fourth-order valence-corrected chi connectivity index (χ4v) is 3.89. The van der Waals surface area contributed by atoms with Crippen LogP contribution in [0.3, 0.4) is 0 Å². The quantitative estimate of drug-likeness (QED) is 0.513. The molecule has 27 heavy (non-hydrogen) atoms. The smallest absolute Gasteiger partial charge is 0.325 e. The van der Waals surface area contributed by atoms with Crippen LogP contribution in [-0.2, 0) is 20.9 Å². The number of aromatic nitrogens is 1. The van der Waals surface area contributed by atoms with Gasteiger partial charge in [0.25, 0.3) is 5.91 Å². The van der Waals surface area contributed by atoms with Crippen LogP contribution in [0.25, 0.3) is 16.3 Å². The number of carbonyl (C=O) groups excluding carboxylic acids is 2. The summed E-state index contributed by atoms with van der Waals surface area (Å²) >= 11 is 1.40. The van der Waals surface area contributed by atoms with Crippen molar-refractivity contribution >= 4 is 39.5 Å². The number of carbonyl (C=O) groups is 2. The van der Waals surface area contributed by atoms with Gasteiger partial charge in [-0.15, -0.1) is 0 Å². The van der Waals surface area contributed by atoms with E-state index in [1.54, 1.807) is 10.6 Å². The van der Waals surface area contributed by atoms with E-state index in [1.807, 2.05) is 50.2 Å². The number of hydrogen-bond acceptors (Lipinski definition) is 4. The minimum absolute atomic E-state index is 0.00784. The maximum Gasteiger partial charge on any atom is 0.325 e. The third-order valence-corrected chi connectivity index (χ3v) is 5.28. The van der Waals surface area contributed by atoms with Gasteiger partial charge in [0.1, 0.15) is 6.54 Å². The van der Waals surface area contributed by atoms with E-state index in [1.165, 1.54) is 24.5 Å². The van der Waals surface area contributed by atoms with Crippen LogP contribution in [0.2, 0.25) is 0 Å². The standard InChI is InChI=1S/C21H20N2O3S/c1-14-11-15(2)20-17(12-14)23(13-19(25)26-3)21(27-20)22-18(24)10-9-16-7-5-4-6-8-16/h4-12H,13H2,1-3H3. The molecule has 5 nitrogen and oxygen atoms in total. The highest BCUT2D eigenvalue weighted by Gasteiger charge is 2.13. The van der Waals surface area contributed by atoms with Gasteiger partial charge in [0, 0.05) is 6.08 Å². The van der Waals surface area contributed by atoms with E-state index in [9.17, 15) is 9.59 Å². The molecule has 0 radical (unpaired) electrons. The molecule has 0 saturated carbocycles. The zero-order valence-electron chi connectivity index (χ0n) is 15.4. The summed E-state index contributed by atoms with van der Waals surface area (Å²) in [7, 11) is 1.35. The molecule has 1 amide bonds. The first kappa shape index (κ1) is 18.8. The van der Waals surface area contributed by atoms with Crippen molar-refractivity contribution < 1.29 is 14.3 Å². The molecule has 2 aromatic carbocycles. The van der Waals surface area contributed by atoms with Crippen LogP contribution < -0.4 is 4.80 Å². The molecule has 3 aromatic rings. The third-order valence-electron chi connectivity index (χ3n) is 4.05. The lowest BCUT2D eigenvalue weighted by atomic mass is 10.1. The zero-order valence-corrected chi connectivity index (χ0v) is 16.2. The molecule has 0 aliphatic carbocycles. The average molecular weight is 380 g/mol. The topological polar surface area (TPSA) is 60.7 Å². The lowest BCUT2D eigenvalue weighted by Gasteiger charge is -2.05. The molecule has 0 spiro atoms. The van der Waals surface area contributed by atoms with Crippen LogP contribution in [0, 0.1) is 13.8 Å². The molecule has 0 aliphatic heterocycles. The molecule has 6 heteroatoms. The Morgan fingerprint density at radius 2 is 1.93 bits per heavy atom. The summed E-state index contributed by atoms with van der Waals surface area (Å²) in [6.45, 7) is 4.01. The van der Waals surface area contributed by atoms with Gasteiger partial charge < -0.3 is 9.30 Å². The predicted octanol–water partition coefficient (Wildman–Crippen LogP) is 3.63. The van der Waals surface area contributed by atoms with Crippen LogP contribution in [0.15, 0.2) is 53.5 Å². The Kier molecular flexibility index (Phi) is 5.66. The second-order valence-corrected chi connectivity index (χ2v) is 7.15. The zero-order chi connectivity index (χ0) is 19.4. The summed E-state index contributed by atoms with van der Waals surface area (Å²) in [5, 5.41) is 0. The second kappa shape index (κ2) is 8.14. The van der Waals surface area contributed by atoms with Crippen molar-refractivity contribution in [2.45, 2.75) is 20.4 Å². The molecule has 0 atom stereocenters. The van der Waals surface area contributed by atoms with Gasteiger partial charge in [-0.25, -0.2) is 0 Å². The number of methoxy groups -OCH3 is 1. The predicted molar refractivity (Wildman–Crippen MR) is 107 cm³/mol. The minimum atomic E-state index is -0.386. The van der Waals surface area contributed by atoms with E-state index < -0.39 is 0 Å². The molecule has 0 aliphatic rings. The van der Waals surface area contributed by atoms with Gasteiger partial charge >= 0.3 is 5.97 Å². The fraction of sp³-hybridized carbons (Fsp3) is 0.190. The summed E-state index contributed by atoms with van der Waals surface area (Å²) in [5.74, 6) is -0.763. The van der Waals surface area contributed by atoms with Crippen molar-refractivity contribution in [2.24, 2.45) is 4.99 Å². The van der Waals surface area contributed by atoms with E-state index >= 15 is 0 Å². The van der Waals surface area contributed by atoms with Crippen LogP contribution >= 0.6 is 11.3 Å². The first-order valence-corrected chi connectivity index (χ1v) is 9.29. The van der Waals surface area contributed by atoms with Gasteiger partial charge in [0.15, 0.2) is 4.80 Å². The van der Waals surface area contributed by atoms with Crippen molar-refractivity contribution in [3.63, 3.8) is 0 Å². The number of amides is 1. The normalized spacial score (nSPS) is 12.0. The Bertz CT molecular complexity index is 1090. The van der Waals surface area contributed by atoms with Crippen LogP contribution in [0.4, 0.5) is 0 Å². The summed E-state index contributed by atoms with van der Waals surface area (Å²) in [6.07, 6.45) is 3.15. The molecule has 138 valence electrons. The molecular weight excluding hydrogens is 360 g/mol. The Morgan fingerprint density at radius 1 is 1.19 bits per heavy atom. The molecule has 0 N–H and O–H groups in total. The Balaban J connectivity index is 2.06. The first-order chi connectivity index (χ1) is 13.0. The molecule has 0 unspecified atom stereocenters.